The summed E-state index contributed by atoms with van der Waals surface area (Å²) in [5, 5.41) is 13.3. The van der Waals surface area contributed by atoms with Gasteiger partial charge in [-0.25, -0.2) is 0 Å². The second-order valence-corrected chi connectivity index (χ2v) is 6.51. The Kier molecular flexibility index (Phi) is 4.40. The zero-order valence-corrected chi connectivity index (χ0v) is 12.5. The third kappa shape index (κ3) is 3.12. The first kappa shape index (κ1) is 13.4. The van der Waals surface area contributed by atoms with E-state index < -0.39 is 0 Å². The minimum absolute atomic E-state index is 0.408. The molecule has 1 aromatic rings. The highest BCUT2D eigenvalue weighted by Gasteiger charge is 2.22. The smallest absolute Gasteiger partial charge is 0.191 e. The minimum Gasteiger partial charge on any atom is -0.308 e. The molecular formula is C13H23N5S. The molecule has 0 aromatic carbocycles. The Bertz CT molecular complexity index is 407. The van der Waals surface area contributed by atoms with Gasteiger partial charge in [0.15, 0.2) is 11.0 Å². The lowest BCUT2D eigenvalue weighted by atomic mass is 10.2. The van der Waals surface area contributed by atoms with Gasteiger partial charge in [0.05, 0.1) is 6.04 Å². The normalized spacial score (nSPS) is 24.4. The average Bonchev–Trinajstić information content (AvgIpc) is 3.12. The molecule has 0 aliphatic carbocycles. The first-order chi connectivity index (χ1) is 9.34. The Morgan fingerprint density at radius 2 is 2.11 bits per heavy atom. The molecule has 1 aromatic heterocycles. The summed E-state index contributed by atoms with van der Waals surface area (Å²) in [5.41, 5.74) is 0. The zero-order chi connectivity index (χ0) is 13.1. The van der Waals surface area contributed by atoms with Crippen LogP contribution in [-0.2, 0) is 7.05 Å². The van der Waals surface area contributed by atoms with Crippen molar-refractivity contribution >= 4 is 11.8 Å². The van der Waals surface area contributed by atoms with E-state index in [9.17, 15) is 0 Å². The summed E-state index contributed by atoms with van der Waals surface area (Å²) in [6.07, 6.45) is 5.16. The summed E-state index contributed by atoms with van der Waals surface area (Å²) < 4.78 is 2.16. The van der Waals surface area contributed by atoms with Crippen molar-refractivity contribution in [1.82, 2.24) is 25.0 Å². The van der Waals surface area contributed by atoms with Crippen LogP contribution in [0.4, 0.5) is 0 Å². The standard InChI is InChI=1S/C13H23N5S/c1-17-12(11-5-4-6-14-11)15-16-13(17)19-10-9-18-7-2-3-8-18/h11,14H,2-10H2,1H3/t11-/m0/s1. The number of likely N-dealkylation sites (tertiary alicyclic amines) is 1. The van der Waals surface area contributed by atoms with Crippen LogP contribution < -0.4 is 5.32 Å². The van der Waals surface area contributed by atoms with Crippen LogP contribution in [0.2, 0.25) is 0 Å². The monoisotopic (exact) mass is 281 g/mol. The lowest BCUT2D eigenvalue weighted by Crippen LogP contribution is -2.22. The van der Waals surface area contributed by atoms with Gasteiger partial charge < -0.3 is 14.8 Å². The molecule has 0 saturated carbocycles. The highest BCUT2D eigenvalue weighted by molar-refractivity contribution is 7.99. The van der Waals surface area contributed by atoms with Gasteiger partial charge in [0.25, 0.3) is 0 Å². The summed E-state index contributed by atoms with van der Waals surface area (Å²) in [5.74, 6) is 2.21. The van der Waals surface area contributed by atoms with Crippen LogP contribution in [0.25, 0.3) is 0 Å². The van der Waals surface area contributed by atoms with E-state index in [2.05, 4.69) is 32.0 Å². The topological polar surface area (TPSA) is 46.0 Å². The van der Waals surface area contributed by atoms with Crippen LogP contribution in [-0.4, -0.2) is 51.6 Å². The summed E-state index contributed by atoms with van der Waals surface area (Å²) in [4.78, 5) is 2.54. The molecule has 19 heavy (non-hydrogen) atoms. The van der Waals surface area contributed by atoms with Crippen LogP contribution in [0, 0.1) is 0 Å². The van der Waals surface area contributed by atoms with E-state index in [0.29, 0.717) is 6.04 Å². The van der Waals surface area contributed by atoms with Crippen LogP contribution in [0.1, 0.15) is 37.5 Å². The van der Waals surface area contributed by atoms with Crippen molar-refractivity contribution in [3.63, 3.8) is 0 Å². The second kappa shape index (κ2) is 6.24. The van der Waals surface area contributed by atoms with Crippen LogP contribution in [0.5, 0.6) is 0 Å². The first-order valence-electron chi connectivity index (χ1n) is 7.32. The maximum absolute atomic E-state index is 4.36. The minimum atomic E-state index is 0.408. The molecule has 1 atom stereocenters. The predicted octanol–water partition coefficient (Wildman–Crippen LogP) is 1.43. The van der Waals surface area contributed by atoms with E-state index in [4.69, 9.17) is 0 Å². The molecular weight excluding hydrogens is 258 g/mol. The lowest BCUT2D eigenvalue weighted by Gasteiger charge is -2.13. The van der Waals surface area contributed by atoms with Gasteiger partial charge in [-0.1, -0.05) is 11.8 Å². The summed E-state index contributed by atoms with van der Waals surface area (Å²) in [6.45, 7) is 4.83. The van der Waals surface area contributed by atoms with Gasteiger partial charge >= 0.3 is 0 Å². The maximum Gasteiger partial charge on any atom is 0.191 e. The Labute approximate surface area is 119 Å². The fraction of sp³-hybridized carbons (Fsp3) is 0.846. The highest BCUT2D eigenvalue weighted by atomic mass is 32.2. The Hall–Kier alpha value is -0.590. The predicted molar refractivity (Wildman–Crippen MR) is 77.4 cm³/mol. The quantitative estimate of drug-likeness (QED) is 0.827. The van der Waals surface area contributed by atoms with Gasteiger partial charge in [-0.15, -0.1) is 10.2 Å². The van der Waals surface area contributed by atoms with Crippen molar-refractivity contribution < 1.29 is 0 Å². The molecule has 1 N–H and O–H groups in total. The van der Waals surface area contributed by atoms with Crippen molar-refractivity contribution in [3.8, 4) is 0 Å². The molecule has 0 amide bonds. The van der Waals surface area contributed by atoms with E-state index in [1.807, 2.05) is 11.8 Å². The Balaban J connectivity index is 1.52. The highest BCUT2D eigenvalue weighted by Crippen LogP contribution is 2.24. The van der Waals surface area contributed by atoms with Crippen LogP contribution in [0.15, 0.2) is 5.16 Å². The lowest BCUT2D eigenvalue weighted by molar-refractivity contribution is 0.362. The van der Waals surface area contributed by atoms with E-state index in [1.165, 1.54) is 45.3 Å². The average molecular weight is 281 g/mol. The molecule has 5 nitrogen and oxygen atoms in total. The van der Waals surface area contributed by atoms with Crippen molar-refractivity contribution in [2.75, 3.05) is 31.9 Å². The zero-order valence-electron chi connectivity index (χ0n) is 11.6. The van der Waals surface area contributed by atoms with Gasteiger partial charge in [0.2, 0.25) is 0 Å². The summed E-state index contributed by atoms with van der Waals surface area (Å²) in [7, 11) is 2.09. The number of nitrogens with one attached hydrogen (secondary N) is 1. The molecule has 2 aliphatic rings. The van der Waals surface area contributed by atoms with E-state index in [-0.39, 0.29) is 0 Å². The molecule has 0 bridgehead atoms. The summed E-state index contributed by atoms with van der Waals surface area (Å²) in [6, 6.07) is 0.408. The fourth-order valence-electron chi connectivity index (χ4n) is 2.93. The molecule has 0 unspecified atom stereocenters. The SMILES string of the molecule is Cn1c(SCCN2CCCC2)nnc1[C@@H]1CCCN1. The second-order valence-electron chi connectivity index (χ2n) is 5.45. The molecule has 2 saturated heterocycles. The van der Waals surface area contributed by atoms with Gasteiger partial charge in [-0.2, -0.15) is 0 Å². The van der Waals surface area contributed by atoms with E-state index >= 15 is 0 Å². The largest absolute Gasteiger partial charge is 0.308 e. The van der Waals surface area contributed by atoms with Gasteiger partial charge in [0, 0.05) is 19.3 Å². The number of hydrogen-bond donors (Lipinski definition) is 1. The fourth-order valence-corrected chi connectivity index (χ4v) is 3.85. The number of rotatable bonds is 5. The number of hydrogen-bond acceptors (Lipinski definition) is 5. The molecule has 0 radical (unpaired) electrons. The van der Waals surface area contributed by atoms with Crippen molar-refractivity contribution in [2.24, 2.45) is 7.05 Å². The van der Waals surface area contributed by atoms with Crippen LogP contribution in [0.3, 0.4) is 0 Å². The third-order valence-corrected chi connectivity index (χ3v) is 5.08. The van der Waals surface area contributed by atoms with Gasteiger partial charge in [0.1, 0.15) is 0 Å². The third-order valence-electron chi connectivity index (χ3n) is 4.08. The molecule has 2 aliphatic heterocycles. The van der Waals surface area contributed by atoms with Gasteiger partial charge in [-0.05, 0) is 45.3 Å². The van der Waals surface area contributed by atoms with Crippen molar-refractivity contribution in [2.45, 2.75) is 36.9 Å². The molecule has 6 heteroatoms. The molecule has 2 fully saturated rings. The van der Waals surface area contributed by atoms with Crippen molar-refractivity contribution in [3.05, 3.63) is 5.82 Å². The number of nitrogens with zero attached hydrogens (tertiary/aromatic N) is 4. The maximum atomic E-state index is 4.36. The number of aromatic nitrogens is 3. The summed E-state index contributed by atoms with van der Waals surface area (Å²) >= 11 is 1.83. The van der Waals surface area contributed by atoms with E-state index in [1.54, 1.807) is 0 Å². The molecule has 106 valence electrons. The first-order valence-corrected chi connectivity index (χ1v) is 8.31. The Morgan fingerprint density at radius 3 is 2.84 bits per heavy atom. The van der Waals surface area contributed by atoms with Crippen LogP contribution >= 0.6 is 11.8 Å². The van der Waals surface area contributed by atoms with Crippen molar-refractivity contribution in [1.29, 1.82) is 0 Å². The van der Waals surface area contributed by atoms with E-state index in [0.717, 1.165) is 23.3 Å². The number of thioether (sulfide) groups is 1. The molecule has 3 rings (SSSR count). The Morgan fingerprint density at radius 1 is 1.26 bits per heavy atom. The molecule has 0 spiro atoms. The molecule has 3 heterocycles. The van der Waals surface area contributed by atoms with Gasteiger partial charge in [-0.3, -0.25) is 0 Å².